The van der Waals surface area contributed by atoms with Crippen molar-refractivity contribution in [2.45, 2.75) is 45.6 Å². The molecule has 1 heterocycles. The van der Waals surface area contributed by atoms with Gasteiger partial charge in [-0.1, -0.05) is 42.8 Å². The summed E-state index contributed by atoms with van der Waals surface area (Å²) in [5, 5.41) is 3.71. The van der Waals surface area contributed by atoms with E-state index in [1.54, 1.807) is 0 Å². The van der Waals surface area contributed by atoms with E-state index < -0.39 is 0 Å². The van der Waals surface area contributed by atoms with Crippen molar-refractivity contribution >= 4 is 21.6 Å². The number of halogens is 1. The van der Waals surface area contributed by atoms with Crippen LogP contribution in [-0.2, 0) is 0 Å². The Hall–Kier alpha value is -0.500. The monoisotopic (exact) mass is 281 g/mol. The molecule has 2 rings (SSSR count). The molecule has 1 aromatic rings. The van der Waals surface area contributed by atoms with Gasteiger partial charge in [-0.05, 0) is 42.9 Å². The Balaban J connectivity index is 2.48. The second-order valence-electron chi connectivity index (χ2n) is 5.20. The Kier molecular flexibility index (Phi) is 3.04. The summed E-state index contributed by atoms with van der Waals surface area (Å²) in [6, 6.07) is 6.58. The maximum Gasteiger partial charge on any atom is 0.0391 e. The van der Waals surface area contributed by atoms with E-state index in [4.69, 9.17) is 0 Å². The third-order valence-electron chi connectivity index (χ3n) is 4.42. The molecule has 0 amide bonds. The lowest BCUT2D eigenvalue weighted by atomic mass is 9.71. The van der Waals surface area contributed by atoms with E-state index >= 15 is 0 Å². The van der Waals surface area contributed by atoms with Gasteiger partial charge in [0.2, 0.25) is 0 Å². The van der Waals surface area contributed by atoms with Crippen molar-refractivity contribution < 1.29 is 0 Å². The molecule has 0 radical (unpaired) electrons. The normalized spacial score (nSPS) is 33.1. The summed E-state index contributed by atoms with van der Waals surface area (Å²) in [6.07, 6.45) is 1.16. The summed E-state index contributed by atoms with van der Waals surface area (Å²) in [5.74, 6) is 1.28. The number of hydrogen-bond acceptors (Lipinski definition) is 1. The SMILES string of the molecule is CCC1(C)Nc2cc(Br)ccc2C(C)C1C. The van der Waals surface area contributed by atoms with Gasteiger partial charge in [0.05, 0.1) is 0 Å². The molecule has 1 aliphatic rings. The van der Waals surface area contributed by atoms with Crippen LogP contribution in [0.4, 0.5) is 5.69 Å². The van der Waals surface area contributed by atoms with Gasteiger partial charge >= 0.3 is 0 Å². The predicted molar refractivity (Wildman–Crippen MR) is 74.0 cm³/mol. The minimum Gasteiger partial charge on any atom is -0.379 e. The molecule has 1 N–H and O–H groups in total. The third-order valence-corrected chi connectivity index (χ3v) is 4.91. The topological polar surface area (TPSA) is 12.0 Å². The van der Waals surface area contributed by atoms with E-state index in [0.717, 1.165) is 10.9 Å². The van der Waals surface area contributed by atoms with Gasteiger partial charge in [-0.15, -0.1) is 0 Å². The molecule has 0 fully saturated rings. The second kappa shape index (κ2) is 4.06. The van der Waals surface area contributed by atoms with Crippen LogP contribution in [0, 0.1) is 5.92 Å². The van der Waals surface area contributed by atoms with Crippen LogP contribution in [0.25, 0.3) is 0 Å². The van der Waals surface area contributed by atoms with Crippen molar-refractivity contribution in [2.24, 2.45) is 5.92 Å². The molecule has 0 bridgehead atoms. The van der Waals surface area contributed by atoms with E-state index in [0.29, 0.717) is 11.8 Å². The smallest absolute Gasteiger partial charge is 0.0391 e. The fourth-order valence-corrected chi connectivity index (χ4v) is 3.05. The average Bonchev–Trinajstić information content (AvgIpc) is 2.26. The number of fused-ring (bicyclic) bond motifs is 1. The van der Waals surface area contributed by atoms with Crippen LogP contribution in [0.15, 0.2) is 22.7 Å². The second-order valence-corrected chi connectivity index (χ2v) is 6.12. The molecule has 0 aromatic heterocycles. The molecule has 2 heteroatoms. The lowest BCUT2D eigenvalue weighted by molar-refractivity contribution is 0.284. The Morgan fingerprint density at radius 1 is 1.38 bits per heavy atom. The fourth-order valence-electron chi connectivity index (χ4n) is 2.69. The van der Waals surface area contributed by atoms with Gasteiger partial charge in [0.1, 0.15) is 0 Å². The zero-order valence-corrected chi connectivity index (χ0v) is 12.1. The summed E-state index contributed by atoms with van der Waals surface area (Å²) in [5.41, 5.74) is 2.96. The lowest BCUT2D eigenvalue weighted by Gasteiger charge is -2.45. The minimum absolute atomic E-state index is 0.215. The molecule has 88 valence electrons. The molecule has 1 aliphatic heterocycles. The highest BCUT2D eigenvalue weighted by Gasteiger charge is 2.38. The number of nitrogens with one attached hydrogen (secondary N) is 1. The van der Waals surface area contributed by atoms with Gasteiger partial charge < -0.3 is 5.32 Å². The van der Waals surface area contributed by atoms with E-state index in [1.807, 2.05) is 0 Å². The molecule has 3 atom stereocenters. The van der Waals surface area contributed by atoms with Gasteiger partial charge in [0.15, 0.2) is 0 Å². The van der Waals surface area contributed by atoms with E-state index in [1.165, 1.54) is 11.3 Å². The highest BCUT2D eigenvalue weighted by Crippen LogP contribution is 2.44. The van der Waals surface area contributed by atoms with Crippen LogP contribution in [-0.4, -0.2) is 5.54 Å². The first-order chi connectivity index (χ1) is 7.48. The zero-order chi connectivity index (χ0) is 11.9. The first-order valence-corrected chi connectivity index (χ1v) is 6.85. The highest BCUT2D eigenvalue weighted by atomic mass is 79.9. The predicted octanol–water partition coefficient (Wildman–Crippen LogP) is 4.78. The molecule has 3 unspecified atom stereocenters. The summed E-state index contributed by atoms with van der Waals surface area (Å²) in [6.45, 7) is 9.29. The molecule has 0 saturated heterocycles. The first kappa shape index (κ1) is 12.0. The number of anilines is 1. The minimum atomic E-state index is 0.215. The van der Waals surface area contributed by atoms with Gasteiger partial charge in [-0.3, -0.25) is 0 Å². The number of hydrogen-bond donors (Lipinski definition) is 1. The first-order valence-electron chi connectivity index (χ1n) is 6.05. The van der Waals surface area contributed by atoms with Gasteiger partial charge in [-0.2, -0.15) is 0 Å². The molecule has 0 spiro atoms. The number of rotatable bonds is 1. The maximum absolute atomic E-state index is 3.71. The Morgan fingerprint density at radius 2 is 2.06 bits per heavy atom. The van der Waals surface area contributed by atoms with Crippen LogP contribution < -0.4 is 5.32 Å². The molecule has 16 heavy (non-hydrogen) atoms. The highest BCUT2D eigenvalue weighted by molar-refractivity contribution is 9.10. The van der Waals surface area contributed by atoms with Gasteiger partial charge in [-0.25, -0.2) is 0 Å². The number of benzene rings is 1. The molecule has 1 nitrogen and oxygen atoms in total. The zero-order valence-electron chi connectivity index (χ0n) is 10.5. The summed E-state index contributed by atoms with van der Waals surface area (Å²) in [7, 11) is 0. The molecule has 1 aromatic carbocycles. The van der Waals surface area contributed by atoms with Gasteiger partial charge in [0.25, 0.3) is 0 Å². The standard InChI is InChI=1S/C14H20BrN/c1-5-14(4)10(3)9(2)12-7-6-11(15)8-13(12)16-14/h6-10,16H,5H2,1-4H3. The summed E-state index contributed by atoms with van der Waals surface area (Å²) in [4.78, 5) is 0. The van der Waals surface area contributed by atoms with Crippen LogP contribution in [0.3, 0.4) is 0 Å². The van der Waals surface area contributed by atoms with Crippen LogP contribution in [0.5, 0.6) is 0 Å². The van der Waals surface area contributed by atoms with Gasteiger partial charge in [0, 0.05) is 15.7 Å². The van der Waals surface area contributed by atoms with Crippen molar-refractivity contribution in [3.05, 3.63) is 28.2 Å². The summed E-state index contributed by atoms with van der Waals surface area (Å²) >= 11 is 3.54. The Morgan fingerprint density at radius 3 is 2.69 bits per heavy atom. The molecular weight excluding hydrogens is 262 g/mol. The third kappa shape index (κ3) is 1.77. The van der Waals surface area contributed by atoms with Crippen LogP contribution >= 0.6 is 15.9 Å². The quantitative estimate of drug-likeness (QED) is 0.781. The summed E-state index contributed by atoms with van der Waals surface area (Å²) < 4.78 is 1.15. The van der Waals surface area contributed by atoms with Crippen molar-refractivity contribution in [3.63, 3.8) is 0 Å². The molecule has 0 saturated carbocycles. The maximum atomic E-state index is 3.71. The Labute approximate surface area is 107 Å². The van der Waals surface area contributed by atoms with E-state index in [2.05, 4.69) is 67.1 Å². The Bertz CT molecular complexity index is 402. The average molecular weight is 282 g/mol. The van der Waals surface area contributed by atoms with Crippen LogP contribution in [0.2, 0.25) is 0 Å². The molecular formula is C14H20BrN. The largest absolute Gasteiger partial charge is 0.379 e. The van der Waals surface area contributed by atoms with Crippen molar-refractivity contribution in [3.8, 4) is 0 Å². The van der Waals surface area contributed by atoms with E-state index in [9.17, 15) is 0 Å². The van der Waals surface area contributed by atoms with Crippen molar-refractivity contribution in [1.29, 1.82) is 0 Å². The van der Waals surface area contributed by atoms with Crippen molar-refractivity contribution in [2.75, 3.05) is 5.32 Å². The van der Waals surface area contributed by atoms with Crippen LogP contribution in [0.1, 0.15) is 45.6 Å². The van der Waals surface area contributed by atoms with Crippen molar-refractivity contribution in [1.82, 2.24) is 0 Å². The molecule has 0 aliphatic carbocycles. The fraction of sp³-hybridized carbons (Fsp3) is 0.571. The van der Waals surface area contributed by atoms with E-state index in [-0.39, 0.29) is 5.54 Å². The lowest BCUT2D eigenvalue weighted by Crippen LogP contribution is -2.46.